The number of sulfonamides is 1. The molecule has 0 aliphatic heterocycles. The van der Waals surface area contributed by atoms with Crippen LogP contribution >= 0.6 is 0 Å². The van der Waals surface area contributed by atoms with Crippen molar-refractivity contribution in [3.8, 4) is 11.5 Å². The van der Waals surface area contributed by atoms with Gasteiger partial charge in [0.15, 0.2) is 0 Å². The topological polar surface area (TPSA) is 93.7 Å². The van der Waals surface area contributed by atoms with Crippen molar-refractivity contribution in [2.45, 2.75) is 44.0 Å². The van der Waals surface area contributed by atoms with E-state index in [-0.39, 0.29) is 27.9 Å². The Labute approximate surface area is 183 Å². The molecule has 0 radical (unpaired) electrons. The molecule has 7 nitrogen and oxygen atoms in total. The predicted octanol–water partition coefficient (Wildman–Crippen LogP) is 3.50. The van der Waals surface area contributed by atoms with E-state index in [0.29, 0.717) is 31.7 Å². The molecule has 2 aromatic carbocycles. The van der Waals surface area contributed by atoms with E-state index in [4.69, 9.17) is 9.47 Å². The van der Waals surface area contributed by atoms with Gasteiger partial charge in [0.05, 0.1) is 13.7 Å². The van der Waals surface area contributed by atoms with E-state index in [1.807, 2.05) is 0 Å². The molecule has 170 valence electrons. The van der Waals surface area contributed by atoms with Crippen molar-refractivity contribution < 1.29 is 27.1 Å². The number of hydrogen-bond acceptors (Lipinski definition) is 5. The average molecular weight is 453 g/mol. The Hall–Kier alpha value is -2.65. The largest absolute Gasteiger partial charge is 0.495 e. The quantitative estimate of drug-likeness (QED) is 0.538. The fraction of sp³-hybridized carbons (Fsp3) is 0.409. The zero-order valence-corrected chi connectivity index (χ0v) is 19.0. The van der Waals surface area contributed by atoms with E-state index < -0.39 is 15.6 Å². The maximum Gasteiger partial charge on any atom is 0.251 e. The minimum absolute atomic E-state index is 0.0923. The van der Waals surface area contributed by atoms with Crippen molar-refractivity contribution >= 4 is 15.9 Å². The summed E-state index contributed by atoms with van der Waals surface area (Å²) in [5.41, 5.74) is -0.462. The Morgan fingerprint density at radius 2 is 1.74 bits per heavy atom. The molecule has 31 heavy (non-hydrogen) atoms. The smallest absolute Gasteiger partial charge is 0.251 e. The fourth-order valence-electron chi connectivity index (χ4n) is 2.74. The molecule has 0 aliphatic carbocycles. The maximum atomic E-state index is 12.9. The van der Waals surface area contributed by atoms with Gasteiger partial charge in [-0.25, -0.2) is 17.5 Å². The van der Waals surface area contributed by atoms with Gasteiger partial charge in [0.25, 0.3) is 5.91 Å². The highest BCUT2D eigenvalue weighted by molar-refractivity contribution is 7.89. The van der Waals surface area contributed by atoms with Crippen LogP contribution in [0.4, 0.5) is 4.39 Å². The number of benzene rings is 2. The van der Waals surface area contributed by atoms with Gasteiger partial charge < -0.3 is 14.8 Å². The van der Waals surface area contributed by atoms with Gasteiger partial charge in [-0.05, 0) is 76.1 Å². The van der Waals surface area contributed by atoms with Crippen LogP contribution in [-0.4, -0.2) is 40.1 Å². The Morgan fingerprint density at radius 1 is 1.06 bits per heavy atom. The van der Waals surface area contributed by atoms with Crippen LogP contribution in [0.5, 0.6) is 11.5 Å². The van der Waals surface area contributed by atoms with Gasteiger partial charge in [-0.1, -0.05) is 0 Å². The molecule has 0 bridgehead atoms. The molecule has 0 unspecified atom stereocenters. The zero-order valence-electron chi connectivity index (χ0n) is 18.2. The molecule has 0 heterocycles. The van der Waals surface area contributed by atoms with E-state index in [9.17, 15) is 17.6 Å². The number of methoxy groups -OCH3 is 1. The molecule has 9 heteroatoms. The Kier molecular flexibility index (Phi) is 8.41. The van der Waals surface area contributed by atoms with Gasteiger partial charge in [0, 0.05) is 17.6 Å². The summed E-state index contributed by atoms with van der Waals surface area (Å²) in [6.07, 6.45) is 1.36. The van der Waals surface area contributed by atoms with Crippen LogP contribution in [0, 0.1) is 5.82 Å². The number of carbonyl (C=O) groups excluding carboxylic acids is 1. The van der Waals surface area contributed by atoms with Gasteiger partial charge in [-0.2, -0.15) is 0 Å². The Morgan fingerprint density at radius 3 is 2.35 bits per heavy atom. The molecular formula is C22H29FN2O5S. The number of halogens is 1. The van der Waals surface area contributed by atoms with E-state index in [1.54, 1.807) is 32.9 Å². The van der Waals surface area contributed by atoms with Gasteiger partial charge in [-0.3, -0.25) is 4.79 Å². The minimum Gasteiger partial charge on any atom is -0.495 e. The van der Waals surface area contributed by atoms with Crippen LogP contribution in [0.25, 0.3) is 0 Å². The molecule has 0 aromatic heterocycles. The molecule has 0 saturated heterocycles. The first-order valence-electron chi connectivity index (χ1n) is 9.90. The van der Waals surface area contributed by atoms with Gasteiger partial charge >= 0.3 is 0 Å². The van der Waals surface area contributed by atoms with Crippen LogP contribution in [0.2, 0.25) is 0 Å². The Balaban J connectivity index is 1.90. The molecule has 1 amide bonds. The van der Waals surface area contributed by atoms with Crippen molar-refractivity contribution in [2.75, 3.05) is 20.3 Å². The van der Waals surface area contributed by atoms with E-state index in [0.717, 1.165) is 0 Å². The summed E-state index contributed by atoms with van der Waals surface area (Å²) >= 11 is 0. The first kappa shape index (κ1) is 24.6. The summed E-state index contributed by atoms with van der Waals surface area (Å²) < 4.78 is 51.5. The number of nitrogens with one attached hydrogen (secondary N) is 2. The highest BCUT2D eigenvalue weighted by atomic mass is 32.2. The molecule has 0 fully saturated rings. The minimum atomic E-state index is -3.87. The van der Waals surface area contributed by atoms with Crippen molar-refractivity contribution in [3.05, 3.63) is 53.8 Å². The summed E-state index contributed by atoms with van der Waals surface area (Å²) in [7, 11) is -2.50. The van der Waals surface area contributed by atoms with Crippen LogP contribution in [0.3, 0.4) is 0 Å². The van der Waals surface area contributed by atoms with E-state index in [1.165, 1.54) is 37.4 Å². The highest BCUT2D eigenvalue weighted by Crippen LogP contribution is 2.26. The van der Waals surface area contributed by atoms with Crippen LogP contribution in [0.1, 0.15) is 44.0 Å². The summed E-state index contributed by atoms with van der Waals surface area (Å²) in [5, 5.41) is 2.77. The SMILES string of the molecule is COc1ccc(C(=O)NCCCCOc2ccc(F)cc2)cc1S(=O)(=O)NC(C)(C)C. The van der Waals surface area contributed by atoms with Gasteiger partial charge in [-0.15, -0.1) is 0 Å². The number of amides is 1. The lowest BCUT2D eigenvalue weighted by atomic mass is 10.1. The molecule has 2 N–H and O–H groups in total. The maximum absolute atomic E-state index is 12.9. The normalized spacial score (nSPS) is 11.8. The van der Waals surface area contributed by atoms with Crippen molar-refractivity contribution in [1.29, 1.82) is 0 Å². The van der Waals surface area contributed by atoms with Crippen LogP contribution in [-0.2, 0) is 10.0 Å². The lowest BCUT2D eigenvalue weighted by Crippen LogP contribution is -2.40. The second-order valence-corrected chi connectivity index (χ2v) is 9.64. The van der Waals surface area contributed by atoms with Crippen molar-refractivity contribution in [3.63, 3.8) is 0 Å². The molecule has 0 saturated carbocycles. The average Bonchev–Trinajstić information content (AvgIpc) is 2.69. The Bertz CT molecular complexity index is 986. The van der Waals surface area contributed by atoms with Gasteiger partial charge in [0.1, 0.15) is 22.2 Å². The first-order valence-corrected chi connectivity index (χ1v) is 11.4. The number of hydrogen-bond donors (Lipinski definition) is 2. The zero-order chi connectivity index (χ0) is 23.1. The lowest BCUT2D eigenvalue weighted by molar-refractivity contribution is 0.0952. The molecule has 0 spiro atoms. The number of unbranched alkanes of at least 4 members (excludes halogenated alkanes) is 1. The highest BCUT2D eigenvalue weighted by Gasteiger charge is 2.26. The standard InChI is InChI=1S/C22H29FN2O5S/c1-22(2,3)25-31(27,28)20-15-16(7-12-19(20)29-4)21(26)24-13-5-6-14-30-18-10-8-17(23)9-11-18/h7-12,15,25H,5-6,13-14H2,1-4H3,(H,24,26). The van der Waals surface area contributed by atoms with Crippen LogP contribution < -0.4 is 19.5 Å². The molecule has 0 aliphatic rings. The van der Waals surface area contributed by atoms with Gasteiger partial charge in [0.2, 0.25) is 10.0 Å². The predicted molar refractivity (Wildman–Crippen MR) is 117 cm³/mol. The first-order chi connectivity index (χ1) is 14.5. The third kappa shape index (κ3) is 7.84. The summed E-state index contributed by atoms with van der Waals surface area (Å²) in [5.74, 6) is 0.0422. The number of rotatable bonds is 10. The lowest BCUT2D eigenvalue weighted by Gasteiger charge is -2.21. The summed E-state index contributed by atoms with van der Waals surface area (Å²) in [6, 6.07) is 10.1. The molecular weight excluding hydrogens is 423 g/mol. The summed E-state index contributed by atoms with van der Waals surface area (Å²) in [6.45, 7) is 6.03. The second-order valence-electron chi connectivity index (χ2n) is 7.99. The van der Waals surface area contributed by atoms with Crippen LogP contribution in [0.15, 0.2) is 47.4 Å². The van der Waals surface area contributed by atoms with E-state index in [2.05, 4.69) is 10.0 Å². The molecule has 0 atom stereocenters. The number of carbonyl (C=O) groups is 1. The molecule has 2 rings (SSSR count). The molecule has 2 aromatic rings. The summed E-state index contributed by atoms with van der Waals surface area (Å²) in [4.78, 5) is 12.4. The fourth-order valence-corrected chi connectivity index (χ4v) is 4.35. The monoisotopic (exact) mass is 452 g/mol. The third-order valence-electron chi connectivity index (χ3n) is 4.09. The third-order valence-corrected chi connectivity index (χ3v) is 5.87. The van der Waals surface area contributed by atoms with Crippen molar-refractivity contribution in [2.24, 2.45) is 0 Å². The van der Waals surface area contributed by atoms with E-state index >= 15 is 0 Å². The number of ether oxygens (including phenoxy) is 2. The second kappa shape index (κ2) is 10.6. The van der Waals surface area contributed by atoms with Crippen molar-refractivity contribution in [1.82, 2.24) is 10.0 Å².